The Morgan fingerprint density at radius 3 is 2.79 bits per heavy atom. The second-order valence-electron chi connectivity index (χ2n) is 4.74. The Balaban J connectivity index is 2.29. The number of carbonyl (C=O) groups excluding carboxylic acids is 2. The number of esters is 1. The van der Waals surface area contributed by atoms with Gasteiger partial charge in [0.05, 0.1) is 12.7 Å². The summed E-state index contributed by atoms with van der Waals surface area (Å²) in [4.78, 5) is 23.4. The number of hydrogen-bond acceptors (Lipinski definition) is 4. The van der Waals surface area contributed by atoms with Gasteiger partial charge in [-0.15, -0.1) is 0 Å². The molecular weight excluding hydrogens is 244 g/mol. The van der Waals surface area contributed by atoms with Gasteiger partial charge in [-0.1, -0.05) is 12.1 Å². The first-order valence-corrected chi connectivity index (χ1v) is 6.41. The van der Waals surface area contributed by atoms with Crippen LogP contribution in [0.5, 0.6) is 0 Å². The first-order valence-electron chi connectivity index (χ1n) is 6.41. The lowest BCUT2D eigenvalue weighted by atomic mass is 9.80. The summed E-state index contributed by atoms with van der Waals surface area (Å²) in [6.07, 6.45) is 1.94. The highest BCUT2D eigenvalue weighted by Gasteiger charge is 2.33. The maximum absolute atomic E-state index is 11.9. The molecule has 102 valence electrons. The van der Waals surface area contributed by atoms with E-state index in [0.29, 0.717) is 12.0 Å². The van der Waals surface area contributed by atoms with Gasteiger partial charge in [-0.05, 0) is 30.5 Å². The normalized spacial score (nSPS) is 23.2. The molecule has 0 aromatic heterocycles. The van der Waals surface area contributed by atoms with Crippen LogP contribution in [0.3, 0.4) is 0 Å². The van der Waals surface area contributed by atoms with Gasteiger partial charge in [0, 0.05) is 19.4 Å². The maximum atomic E-state index is 11.9. The summed E-state index contributed by atoms with van der Waals surface area (Å²) < 4.78 is 10.0. The van der Waals surface area contributed by atoms with Crippen LogP contribution in [0.25, 0.3) is 0 Å². The van der Waals surface area contributed by atoms with E-state index in [-0.39, 0.29) is 17.7 Å². The molecule has 0 spiro atoms. The molecule has 2 unspecified atom stereocenters. The summed E-state index contributed by atoms with van der Waals surface area (Å²) in [5.74, 6) is -0.198. The van der Waals surface area contributed by atoms with E-state index in [4.69, 9.17) is 9.47 Å². The second-order valence-corrected chi connectivity index (χ2v) is 4.74. The van der Waals surface area contributed by atoms with Crippen molar-refractivity contribution in [3.8, 4) is 0 Å². The van der Waals surface area contributed by atoms with Crippen LogP contribution in [0.1, 0.15) is 41.1 Å². The highest BCUT2D eigenvalue weighted by atomic mass is 16.5. The number of methoxy groups -OCH3 is 2. The Labute approximate surface area is 112 Å². The Hall–Kier alpha value is -1.68. The third kappa shape index (κ3) is 2.84. The molecule has 2 atom stereocenters. The molecule has 0 heterocycles. The van der Waals surface area contributed by atoms with E-state index in [9.17, 15) is 9.59 Å². The van der Waals surface area contributed by atoms with E-state index >= 15 is 0 Å². The van der Waals surface area contributed by atoms with Crippen LogP contribution in [0, 0.1) is 0 Å². The van der Waals surface area contributed by atoms with Gasteiger partial charge in [-0.2, -0.15) is 0 Å². The maximum Gasteiger partial charge on any atom is 0.337 e. The molecular formula is C15H18O4. The summed E-state index contributed by atoms with van der Waals surface area (Å²) in [6.45, 7) is 0. The smallest absolute Gasteiger partial charge is 0.337 e. The Morgan fingerprint density at radius 1 is 1.32 bits per heavy atom. The van der Waals surface area contributed by atoms with Crippen LogP contribution in [0.2, 0.25) is 0 Å². The number of ether oxygens (including phenoxy) is 2. The highest BCUT2D eigenvalue weighted by Crippen LogP contribution is 2.33. The van der Waals surface area contributed by atoms with Gasteiger partial charge in [-0.3, -0.25) is 4.79 Å². The molecule has 0 radical (unpaired) electrons. The molecule has 0 N–H and O–H groups in total. The molecule has 4 heteroatoms. The first kappa shape index (κ1) is 13.7. The van der Waals surface area contributed by atoms with Crippen molar-refractivity contribution in [2.45, 2.75) is 31.3 Å². The number of hydrogen-bond donors (Lipinski definition) is 0. The zero-order chi connectivity index (χ0) is 13.8. The summed E-state index contributed by atoms with van der Waals surface area (Å²) in [5, 5.41) is 0. The van der Waals surface area contributed by atoms with E-state index in [1.54, 1.807) is 19.2 Å². The fourth-order valence-corrected chi connectivity index (χ4v) is 2.67. The molecule has 1 aliphatic rings. The van der Waals surface area contributed by atoms with Gasteiger partial charge in [0.2, 0.25) is 0 Å². The molecule has 2 rings (SSSR count). The SMILES string of the molecule is COC(=O)c1cccc(C2CCCC(=O)C2OC)c1. The molecule has 1 fully saturated rings. The zero-order valence-corrected chi connectivity index (χ0v) is 11.2. The molecule has 0 aliphatic heterocycles. The van der Waals surface area contributed by atoms with Crippen LogP contribution in [-0.2, 0) is 14.3 Å². The van der Waals surface area contributed by atoms with Crippen molar-refractivity contribution in [3.05, 3.63) is 35.4 Å². The standard InChI is InChI=1S/C15H18O4/c1-18-14-12(7-4-8-13(14)16)10-5-3-6-11(9-10)15(17)19-2/h3,5-6,9,12,14H,4,7-8H2,1-2H3. The van der Waals surface area contributed by atoms with Gasteiger partial charge in [0.25, 0.3) is 0 Å². The third-order valence-corrected chi connectivity index (χ3v) is 3.61. The van der Waals surface area contributed by atoms with E-state index in [2.05, 4.69) is 0 Å². The van der Waals surface area contributed by atoms with Crippen molar-refractivity contribution in [1.29, 1.82) is 0 Å². The van der Waals surface area contributed by atoms with E-state index in [1.165, 1.54) is 7.11 Å². The summed E-state index contributed by atoms with van der Waals surface area (Å²) >= 11 is 0. The summed E-state index contributed by atoms with van der Waals surface area (Å²) in [7, 11) is 2.92. The lowest BCUT2D eigenvalue weighted by molar-refractivity contribution is -0.132. The molecule has 1 aromatic carbocycles. The fraction of sp³-hybridized carbons (Fsp3) is 0.467. The Kier molecular flexibility index (Phi) is 4.32. The molecule has 19 heavy (non-hydrogen) atoms. The number of ketones is 1. The van der Waals surface area contributed by atoms with Crippen LogP contribution in [0.4, 0.5) is 0 Å². The second kappa shape index (κ2) is 5.97. The number of Topliss-reactive ketones (excluding diaryl/α,β-unsaturated/α-hetero) is 1. The van der Waals surface area contributed by atoms with Crippen LogP contribution in [-0.4, -0.2) is 32.1 Å². The molecule has 4 nitrogen and oxygen atoms in total. The Morgan fingerprint density at radius 2 is 2.11 bits per heavy atom. The lowest BCUT2D eigenvalue weighted by Gasteiger charge is -2.29. The lowest BCUT2D eigenvalue weighted by Crippen LogP contribution is -2.34. The van der Waals surface area contributed by atoms with Gasteiger partial charge in [0.1, 0.15) is 6.10 Å². The van der Waals surface area contributed by atoms with Crippen molar-refractivity contribution < 1.29 is 19.1 Å². The third-order valence-electron chi connectivity index (χ3n) is 3.61. The zero-order valence-electron chi connectivity index (χ0n) is 11.2. The number of benzene rings is 1. The minimum absolute atomic E-state index is 0.0239. The minimum atomic E-state index is -0.401. The Bertz CT molecular complexity index is 481. The quantitative estimate of drug-likeness (QED) is 0.784. The minimum Gasteiger partial charge on any atom is -0.465 e. The van der Waals surface area contributed by atoms with Crippen LogP contribution < -0.4 is 0 Å². The molecule has 1 aliphatic carbocycles. The monoisotopic (exact) mass is 262 g/mol. The van der Waals surface area contributed by atoms with Gasteiger partial charge in [0.15, 0.2) is 5.78 Å². The molecule has 1 saturated carbocycles. The fourth-order valence-electron chi connectivity index (χ4n) is 2.67. The number of rotatable bonds is 3. The van der Waals surface area contributed by atoms with Crippen LogP contribution >= 0.6 is 0 Å². The summed E-state index contributed by atoms with van der Waals surface area (Å²) in [6, 6.07) is 7.25. The average molecular weight is 262 g/mol. The van der Waals surface area contributed by atoms with Crippen molar-refractivity contribution in [2.24, 2.45) is 0 Å². The largest absolute Gasteiger partial charge is 0.465 e. The van der Waals surface area contributed by atoms with Gasteiger partial charge < -0.3 is 9.47 Å². The van der Waals surface area contributed by atoms with E-state index in [0.717, 1.165) is 18.4 Å². The van der Waals surface area contributed by atoms with Crippen molar-refractivity contribution in [2.75, 3.05) is 14.2 Å². The predicted molar refractivity (Wildman–Crippen MR) is 70.2 cm³/mol. The van der Waals surface area contributed by atoms with E-state index < -0.39 is 6.10 Å². The predicted octanol–water partition coefficient (Wildman–Crippen LogP) is 2.32. The van der Waals surface area contributed by atoms with Crippen molar-refractivity contribution in [3.63, 3.8) is 0 Å². The summed E-state index contributed by atoms with van der Waals surface area (Å²) in [5.41, 5.74) is 1.47. The van der Waals surface area contributed by atoms with Crippen molar-refractivity contribution >= 4 is 11.8 Å². The number of carbonyl (C=O) groups is 2. The van der Waals surface area contributed by atoms with Gasteiger partial charge >= 0.3 is 5.97 Å². The van der Waals surface area contributed by atoms with Gasteiger partial charge in [-0.25, -0.2) is 4.79 Å². The van der Waals surface area contributed by atoms with Crippen LogP contribution in [0.15, 0.2) is 24.3 Å². The first-order chi connectivity index (χ1) is 9.17. The molecule has 0 bridgehead atoms. The molecule has 0 amide bonds. The van der Waals surface area contributed by atoms with Crippen molar-refractivity contribution in [1.82, 2.24) is 0 Å². The molecule has 0 saturated heterocycles. The molecule has 1 aromatic rings. The topological polar surface area (TPSA) is 52.6 Å². The average Bonchev–Trinajstić information content (AvgIpc) is 2.46. The highest BCUT2D eigenvalue weighted by molar-refractivity contribution is 5.90. The van der Waals surface area contributed by atoms with E-state index in [1.807, 2.05) is 12.1 Å².